The molecule has 4 saturated carbocycles. The van der Waals surface area contributed by atoms with Gasteiger partial charge in [-0.05, 0) is 67.3 Å². The molecule has 0 aromatic heterocycles. The molecule has 4 aliphatic carbocycles. The van der Waals surface area contributed by atoms with Crippen molar-refractivity contribution in [3.05, 3.63) is 65.0 Å². The Morgan fingerprint density at radius 3 is 2.04 bits per heavy atom. The number of phenols is 1. The molecule has 0 amide bonds. The summed E-state index contributed by atoms with van der Waals surface area (Å²) in [6, 6.07) is 16.4. The van der Waals surface area contributed by atoms with Crippen LogP contribution in [-0.4, -0.2) is 5.11 Å². The number of phenolic OH excluding ortho intramolecular Hbond substituents is 1. The van der Waals surface area contributed by atoms with Crippen molar-refractivity contribution in [2.24, 2.45) is 17.8 Å². The van der Waals surface area contributed by atoms with Crippen molar-refractivity contribution < 1.29 is 22.1 Å². The van der Waals surface area contributed by atoms with Gasteiger partial charge in [-0.25, -0.2) is 0 Å². The molecule has 0 heterocycles. The number of para-hydroxylation sites is 2. The molecule has 0 aliphatic heterocycles. The molecule has 2 nitrogen and oxygen atoms in total. The zero-order valence-corrected chi connectivity index (χ0v) is 19.0. The second-order valence-corrected chi connectivity index (χ2v) is 11.3. The molecule has 0 radical (unpaired) electrons. The van der Waals surface area contributed by atoms with Crippen LogP contribution in [0.5, 0.6) is 5.75 Å². The minimum absolute atomic E-state index is 0.238. The normalized spacial score (nSPS) is 29.7. The van der Waals surface area contributed by atoms with Crippen LogP contribution in [0.2, 0.25) is 0 Å². The molecule has 0 spiro atoms. The average Bonchev–Trinajstić information content (AvgIpc) is 2.67. The van der Waals surface area contributed by atoms with E-state index in [4.69, 9.17) is 18.6 Å². The molecule has 4 bridgehead atoms. The molecule has 4 aliphatic rings. The Kier molecular flexibility index (Phi) is 6.62. The summed E-state index contributed by atoms with van der Waals surface area (Å²) in [6.07, 6.45) is 8.15. The molecule has 4 fully saturated rings. The monoisotopic (exact) mass is 450 g/mol. The van der Waals surface area contributed by atoms with E-state index < -0.39 is 17.0 Å². The van der Waals surface area contributed by atoms with E-state index in [2.05, 4.69) is 17.4 Å². The summed E-state index contributed by atoms with van der Waals surface area (Å²) >= 11 is -0.556. The van der Waals surface area contributed by atoms with Crippen molar-refractivity contribution in [1.82, 2.24) is 0 Å². The van der Waals surface area contributed by atoms with E-state index in [0.717, 1.165) is 29.0 Å². The van der Waals surface area contributed by atoms with Crippen LogP contribution in [-0.2, 0) is 29.0 Å². The number of hydrogen-bond acceptors (Lipinski definition) is 1. The van der Waals surface area contributed by atoms with Gasteiger partial charge in [0.25, 0.3) is 0 Å². The topological polar surface area (TPSA) is 34.3 Å². The first kappa shape index (κ1) is 20.6. The number of hydrogen-bond donors (Lipinski definition) is 1. The van der Waals surface area contributed by atoms with Crippen LogP contribution in [0.25, 0.3) is 5.32 Å². The van der Waals surface area contributed by atoms with Crippen LogP contribution >= 0.6 is 18.6 Å². The first-order valence-electron chi connectivity index (χ1n) is 10.1. The van der Waals surface area contributed by atoms with Crippen LogP contribution in [0, 0.1) is 17.8 Å². The SMILES string of the molecule is Oc1c(C[N-]c2ccccc2)cccc1C12CC3CC(CC(C3)C1)C2.[Cl][Ti][Cl]. The third-order valence-corrected chi connectivity index (χ3v) is 6.92. The summed E-state index contributed by atoms with van der Waals surface area (Å²) in [5.41, 5.74) is 3.40. The third-order valence-electron chi connectivity index (χ3n) is 6.92. The Labute approximate surface area is 184 Å². The van der Waals surface area contributed by atoms with Gasteiger partial charge in [0, 0.05) is 5.56 Å². The van der Waals surface area contributed by atoms with Gasteiger partial charge < -0.3 is 10.4 Å². The molecule has 0 saturated heterocycles. The van der Waals surface area contributed by atoms with E-state index in [9.17, 15) is 5.11 Å². The first-order valence-corrected chi connectivity index (χ1v) is 14.4. The quantitative estimate of drug-likeness (QED) is 0.482. The molecular weight excluding hydrogens is 425 g/mol. The van der Waals surface area contributed by atoms with E-state index in [-0.39, 0.29) is 5.41 Å². The van der Waals surface area contributed by atoms with E-state index in [1.807, 2.05) is 36.4 Å². The Balaban J connectivity index is 0.000000604. The molecule has 1 N–H and O–H groups in total. The number of aromatic hydroxyl groups is 1. The second-order valence-electron chi connectivity index (χ2n) is 8.73. The molecule has 0 unspecified atom stereocenters. The summed E-state index contributed by atoms with van der Waals surface area (Å²) in [7, 11) is 9.78. The zero-order valence-electron chi connectivity index (χ0n) is 16.0. The molecular formula is C23H26Cl2NOTi-. The molecule has 2 aromatic rings. The van der Waals surface area contributed by atoms with Crippen molar-refractivity contribution in [3.8, 4) is 5.75 Å². The molecule has 5 heteroatoms. The molecule has 28 heavy (non-hydrogen) atoms. The van der Waals surface area contributed by atoms with Crippen LogP contribution in [0.15, 0.2) is 48.5 Å². The number of halogens is 2. The van der Waals surface area contributed by atoms with Gasteiger partial charge in [0.2, 0.25) is 0 Å². The minimum atomic E-state index is -0.556. The second kappa shape index (κ2) is 9.00. The molecule has 6 rings (SSSR count). The van der Waals surface area contributed by atoms with E-state index >= 15 is 0 Å². The summed E-state index contributed by atoms with van der Waals surface area (Å²) in [6.45, 7) is 0.552. The Hall–Kier alpha value is -0.666. The predicted octanol–water partition coefficient (Wildman–Crippen LogP) is 7.44. The van der Waals surface area contributed by atoms with Gasteiger partial charge in [-0.3, -0.25) is 0 Å². The Bertz CT molecular complexity index is 763. The number of rotatable bonds is 4. The van der Waals surface area contributed by atoms with Gasteiger partial charge in [0.05, 0.1) is 0 Å². The fraction of sp³-hybridized carbons (Fsp3) is 0.478. The van der Waals surface area contributed by atoms with E-state index in [1.54, 1.807) is 0 Å². The summed E-state index contributed by atoms with van der Waals surface area (Å²) in [4.78, 5) is 0. The van der Waals surface area contributed by atoms with Crippen molar-refractivity contribution in [3.63, 3.8) is 0 Å². The van der Waals surface area contributed by atoms with Crippen LogP contribution < -0.4 is 0 Å². The van der Waals surface area contributed by atoms with Crippen molar-refractivity contribution >= 4 is 24.3 Å². The fourth-order valence-electron chi connectivity index (χ4n) is 6.30. The van der Waals surface area contributed by atoms with Gasteiger partial charge >= 0.3 is 35.6 Å². The van der Waals surface area contributed by atoms with Gasteiger partial charge in [-0.15, -0.1) is 12.2 Å². The summed E-state index contributed by atoms with van der Waals surface area (Å²) < 4.78 is 0. The molecule has 148 valence electrons. The first-order chi connectivity index (χ1) is 13.6. The maximum absolute atomic E-state index is 11.1. The molecule has 0 atom stereocenters. The van der Waals surface area contributed by atoms with Crippen LogP contribution in [0.3, 0.4) is 0 Å². The third kappa shape index (κ3) is 4.26. The summed E-state index contributed by atoms with van der Waals surface area (Å²) in [5.74, 6) is 3.19. The summed E-state index contributed by atoms with van der Waals surface area (Å²) in [5, 5.41) is 15.7. The van der Waals surface area contributed by atoms with Crippen molar-refractivity contribution in [2.45, 2.75) is 50.5 Å². The Morgan fingerprint density at radius 1 is 0.893 bits per heavy atom. The Morgan fingerprint density at radius 2 is 1.46 bits per heavy atom. The van der Waals surface area contributed by atoms with Gasteiger partial charge in [0.1, 0.15) is 5.75 Å². The van der Waals surface area contributed by atoms with Crippen molar-refractivity contribution in [2.75, 3.05) is 0 Å². The van der Waals surface area contributed by atoms with Gasteiger partial charge in [-0.2, -0.15) is 0 Å². The number of benzene rings is 2. The van der Waals surface area contributed by atoms with Gasteiger partial charge in [0.15, 0.2) is 0 Å². The molecule has 2 aromatic carbocycles. The van der Waals surface area contributed by atoms with Gasteiger partial charge in [-0.1, -0.05) is 48.5 Å². The van der Waals surface area contributed by atoms with E-state index in [0.29, 0.717) is 12.3 Å². The van der Waals surface area contributed by atoms with E-state index in [1.165, 1.54) is 44.1 Å². The standard InChI is InChI=1S/C23H26NO.2ClH.Ti/c25-22-19(15-24-20-6-2-1-3-7-20)5-4-8-21(22)23-12-16-9-17(13-23)11-18(10-16)14-23;;;/h1-8,16-18,25H,9-15H2;2*1H;/q-1;;;+2/p-2. The zero-order chi connectivity index (χ0) is 19.6. The number of nitrogens with zero attached hydrogens (tertiary/aromatic N) is 1. The van der Waals surface area contributed by atoms with Crippen LogP contribution in [0.1, 0.15) is 49.7 Å². The average molecular weight is 451 g/mol. The van der Waals surface area contributed by atoms with Crippen LogP contribution in [0.4, 0.5) is 5.69 Å². The fourth-order valence-corrected chi connectivity index (χ4v) is 6.30. The predicted molar refractivity (Wildman–Crippen MR) is 113 cm³/mol. The maximum atomic E-state index is 11.1. The van der Waals surface area contributed by atoms with Crippen molar-refractivity contribution in [1.29, 1.82) is 0 Å².